The van der Waals surface area contributed by atoms with Gasteiger partial charge in [-0.3, -0.25) is 34.3 Å². The van der Waals surface area contributed by atoms with Crippen LogP contribution >= 0.6 is 23.2 Å². The predicted molar refractivity (Wildman–Crippen MR) is 276 cm³/mol. The molecule has 3 aliphatic rings. The summed E-state index contributed by atoms with van der Waals surface area (Å²) in [6, 6.07) is 15.6. The van der Waals surface area contributed by atoms with E-state index in [2.05, 4.69) is 70.4 Å². The number of carbonyl (C=O) groups is 5. The van der Waals surface area contributed by atoms with Crippen LogP contribution in [0.4, 0.5) is 16.2 Å². The molecular formula is C51H61Cl2N11O11. The Morgan fingerprint density at radius 2 is 1.55 bits per heavy atom. The van der Waals surface area contributed by atoms with Gasteiger partial charge in [-0.1, -0.05) is 53.5 Å². The van der Waals surface area contributed by atoms with E-state index in [1.807, 2.05) is 6.07 Å². The van der Waals surface area contributed by atoms with Gasteiger partial charge in [0.05, 0.1) is 81.4 Å². The zero-order valence-corrected chi connectivity index (χ0v) is 43.3. The number of imide groups is 1. The summed E-state index contributed by atoms with van der Waals surface area (Å²) in [5.74, 6) is -0.467. The molecule has 6 amide bonds. The van der Waals surface area contributed by atoms with Crippen molar-refractivity contribution in [2.45, 2.75) is 58.0 Å². The lowest BCUT2D eigenvalue weighted by Crippen LogP contribution is -2.52. The lowest BCUT2D eigenvalue weighted by atomic mass is 10.0. The normalized spacial score (nSPS) is 16.5. The first-order valence-corrected chi connectivity index (χ1v) is 25.5. The largest absolute Gasteiger partial charge is 0.489 e. The van der Waals surface area contributed by atoms with Gasteiger partial charge < -0.3 is 49.3 Å². The second-order valence-electron chi connectivity index (χ2n) is 17.9. The fourth-order valence-corrected chi connectivity index (χ4v) is 9.11. The number of fused-ring (bicyclic) bond motifs is 2. The number of urea groups is 1. The number of benzene rings is 2. The number of piperidine rings is 1. The predicted octanol–water partition coefficient (Wildman–Crippen LogP) is 4.88. The maximum Gasteiger partial charge on any atom is 0.323 e. The lowest BCUT2D eigenvalue weighted by molar-refractivity contribution is -0.137. The maximum absolute atomic E-state index is 13.2. The van der Waals surface area contributed by atoms with E-state index in [9.17, 15) is 24.0 Å². The van der Waals surface area contributed by atoms with Gasteiger partial charge in [-0.05, 0) is 42.7 Å². The van der Waals surface area contributed by atoms with E-state index in [1.54, 1.807) is 25.1 Å². The van der Waals surface area contributed by atoms with Crippen LogP contribution in [0.3, 0.4) is 0 Å². The molecule has 6 heterocycles. The summed E-state index contributed by atoms with van der Waals surface area (Å²) in [6.45, 7) is 10.7. The van der Waals surface area contributed by atoms with Crippen LogP contribution in [0.2, 0.25) is 10.2 Å². The standard InChI is InChI=1S/C51H61Cl2N11O11/c1-33(70-2)47-40(29-55-44-27-43(53)60-64(44)47)58-51(69)57-39-26-36(52)28-56-49(39)74-20-13-54-45(65)12-19-71-22-24-73-25-23-72-21-18-61-14-16-62(17-15-61)30-34-6-8-35(9-7-34)32-75-42-5-3-4-37-38(42)31-63(50(37)68)41-10-11-46(66)59-48(41)67/h3-9,26-29,33,41H,10-25,30-32H2,1-2H3,(H,54,65)(H2,57,58,69)(H,59,66,67)/t33-,41?/m0/s1. The molecule has 1 unspecified atom stereocenters. The Morgan fingerprint density at radius 3 is 2.31 bits per heavy atom. The van der Waals surface area contributed by atoms with E-state index >= 15 is 0 Å². The highest BCUT2D eigenvalue weighted by atomic mass is 35.5. The maximum atomic E-state index is 13.2. The second-order valence-corrected chi connectivity index (χ2v) is 18.8. The van der Waals surface area contributed by atoms with Crippen LogP contribution in [0.1, 0.15) is 65.0 Å². The third-order valence-corrected chi connectivity index (χ3v) is 13.2. The van der Waals surface area contributed by atoms with Crippen LogP contribution in [-0.2, 0) is 53.0 Å². The molecule has 5 aromatic rings. The van der Waals surface area contributed by atoms with Crippen LogP contribution in [0.5, 0.6) is 11.6 Å². The molecule has 2 aromatic carbocycles. The first-order valence-electron chi connectivity index (χ1n) is 24.8. The molecule has 0 radical (unpaired) electrons. The van der Waals surface area contributed by atoms with Crippen LogP contribution in [0, 0.1) is 0 Å². The van der Waals surface area contributed by atoms with Gasteiger partial charge >= 0.3 is 6.03 Å². The SMILES string of the molecule is CO[C@@H](C)c1c(NC(=O)Nc2cc(Cl)cnc2OCCNC(=O)CCOCCOCCOCCN2CCN(Cc3ccc(COc4cccc5c4CN(C4CCC(=O)NC4=O)C5=O)cc3)CC2)cnc2cc(Cl)nn12. The van der Waals surface area contributed by atoms with Gasteiger partial charge in [-0.15, -0.1) is 0 Å². The Hall–Kier alpha value is -6.50. The monoisotopic (exact) mass is 1070 g/mol. The molecule has 0 saturated carbocycles. The van der Waals surface area contributed by atoms with Gasteiger partial charge in [0.15, 0.2) is 10.8 Å². The number of hydrogen-bond donors (Lipinski definition) is 4. The number of amides is 6. The van der Waals surface area contributed by atoms with Crippen LogP contribution in [-0.4, -0.2) is 163 Å². The van der Waals surface area contributed by atoms with Crippen molar-refractivity contribution in [2.75, 3.05) is 103 Å². The number of hydrogen-bond acceptors (Lipinski definition) is 16. The summed E-state index contributed by atoms with van der Waals surface area (Å²) in [6.07, 6.45) is 3.08. The molecule has 24 heteroatoms. The van der Waals surface area contributed by atoms with Gasteiger partial charge in [-0.2, -0.15) is 5.10 Å². The van der Waals surface area contributed by atoms with Crippen molar-refractivity contribution < 1.29 is 52.4 Å². The fourth-order valence-electron chi connectivity index (χ4n) is 8.78. The molecule has 4 N–H and O–H groups in total. The summed E-state index contributed by atoms with van der Waals surface area (Å²) in [4.78, 5) is 77.7. The molecule has 2 atom stereocenters. The van der Waals surface area contributed by atoms with E-state index in [-0.39, 0.29) is 78.6 Å². The molecule has 22 nitrogen and oxygen atoms in total. The number of piperazine rings is 1. The number of ether oxygens (including phenoxy) is 6. The van der Waals surface area contributed by atoms with E-state index in [4.69, 9.17) is 51.6 Å². The topological polar surface area (TPSA) is 242 Å². The Kier molecular flexibility index (Phi) is 19.6. The molecule has 8 rings (SSSR count). The summed E-state index contributed by atoms with van der Waals surface area (Å²) in [5, 5.41) is 15.3. The number of halogens is 2. The zero-order chi connectivity index (χ0) is 52.7. The first kappa shape index (κ1) is 54.8. The number of pyridine rings is 1. The van der Waals surface area contributed by atoms with E-state index < -0.39 is 24.1 Å². The minimum atomic E-state index is -0.671. The Morgan fingerprint density at radius 1 is 0.827 bits per heavy atom. The van der Waals surface area contributed by atoms with Crippen molar-refractivity contribution in [1.82, 2.24) is 44.9 Å². The second kappa shape index (κ2) is 26.8. The van der Waals surface area contributed by atoms with Gasteiger partial charge in [0.1, 0.15) is 30.7 Å². The molecule has 3 aromatic heterocycles. The van der Waals surface area contributed by atoms with Gasteiger partial charge in [-0.25, -0.2) is 19.3 Å². The molecular weight excluding hydrogens is 1010 g/mol. The zero-order valence-electron chi connectivity index (χ0n) is 41.8. The summed E-state index contributed by atoms with van der Waals surface area (Å²) in [7, 11) is 1.53. The fraction of sp³-hybridized carbons (Fsp3) is 0.451. The number of anilines is 2. The van der Waals surface area contributed by atoms with Gasteiger partial charge in [0, 0.05) is 82.6 Å². The number of rotatable bonds is 26. The average Bonchev–Trinajstić information content (AvgIpc) is 3.95. The average molecular weight is 1080 g/mol. The van der Waals surface area contributed by atoms with Crippen molar-refractivity contribution in [3.8, 4) is 11.6 Å². The Bertz CT molecular complexity index is 2800. The smallest absolute Gasteiger partial charge is 0.323 e. The van der Waals surface area contributed by atoms with Crippen molar-refractivity contribution in [3.05, 3.63) is 105 Å². The highest BCUT2D eigenvalue weighted by Crippen LogP contribution is 2.34. The van der Waals surface area contributed by atoms with Crippen LogP contribution < -0.4 is 30.7 Å². The minimum absolute atomic E-state index is 0.0704. The summed E-state index contributed by atoms with van der Waals surface area (Å²) >= 11 is 12.3. The third-order valence-electron chi connectivity index (χ3n) is 12.8. The highest BCUT2D eigenvalue weighted by Gasteiger charge is 2.40. The van der Waals surface area contributed by atoms with E-state index in [0.717, 1.165) is 50.4 Å². The molecule has 0 bridgehead atoms. The Balaban J connectivity index is 0.623. The number of aromatic nitrogens is 4. The van der Waals surface area contributed by atoms with Crippen molar-refractivity contribution in [1.29, 1.82) is 0 Å². The molecule has 0 aliphatic carbocycles. The van der Waals surface area contributed by atoms with E-state index in [1.165, 1.54) is 40.5 Å². The van der Waals surface area contributed by atoms with Crippen molar-refractivity contribution in [2.24, 2.45) is 0 Å². The molecule has 2 fully saturated rings. The number of methoxy groups -OCH3 is 1. The van der Waals surface area contributed by atoms with E-state index in [0.29, 0.717) is 74.4 Å². The lowest BCUT2D eigenvalue weighted by Gasteiger charge is -2.34. The van der Waals surface area contributed by atoms with Gasteiger partial charge in [0.25, 0.3) is 5.91 Å². The van der Waals surface area contributed by atoms with Crippen molar-refractivity contribution >= 4 is 69.9 Å². The quantitative estimate of drug-likeness (QED) is 0.0426. The number of nitrogens with one attached hydrogen (secondary N) is 4. The minimum Gasteiger partial charge on any atom is -0.489 e. The van der Waals surface area contributed by atoms with Crippen LogP contribution in [0.15, 0.2) is 67.0 Å². The summed E-state index contributed by atoms with van der Waals surface area (Å²) in [5.41, 5.74) is 5.08. The molecule has 400 valence electrons. The first-order chi connectivity index (χ1) is 36.4. The van der Waals surface area contributed by atoms with Crippen LogP contribution in [0.25, 0.3) is 5.65 Å². The third kappa shape index (κ3) is 15.1. The molecule has 2 saturated heterocycles. The number of nitrogens with zero attached hydrogens (tertiary/aromatic N) is 7. The molecule has 0 spiro atoms. The highest BCUT2D eigenvalue weighted by molar-refractivity contribution is 6.31. The van der Waals surface area contributed by atoms with Crippen molar-refractivity contribution in [3.63, 3.8) is 0 Å². The van der Waals surface area contributed by atoms with Gasteiger partial charge in [0.2, 0.25) is 23.6 Å². The molecule has 75 heavy (non-hydrogen) atoms. The number of carbonyl (C=O) groups excluding carboxylic acids is 5. The summed E-state index contributed by atoms with van der Waals surface area (Å²) < 4.78 is 36.0. The molecule has 3 aliphatic heterocycles. The Labute approximate surface area is 443 Å².